The van der Waals surface area contributed by atoms with Crippen molar-refractivity contribution in [2.45, 2.75) is 36.7 Å². The number of sulfone groups is 1. The molecule has 32 heavy (non-hydrogen) atoms. The lowest BCUT2D eigenvalue weighted by Gasteiger charge is -2.18. The summed E-state index contributed by atoms with van der Waals surface area (Å²) in [5.74, 6) is 0.875. The van der Waals surface area contributed by atoms with E-state index in [1.165, 1.54) is 24.4 Å². The molecule has 8 nitrogen and oxygen atoms in total. The van der Waals surface area contributed by atoms with Crippen LogP contribution in [0.3, 0.4) is 0 Å². The van der Waals surface area contributed by atoms with Crippen molar-refractivity contribution in [3.63, 3.8) is 0 Å². The molecule has 0 saturated heterocycles. The molecule has 2 N–H and O–H groups in total. The Morgan fingerprint density at radius 3 is 2.34 bits per heavy atom. The van der Waals surface area contributed by atoms with Crippen LogP contribution in [-0.4, -0.2) is 29.7 Å². The number of ether oxygens (including phenoxy) is 1. The summed E-state index contributed by atoms with van der Waals surface area (Å²) in [6.07, 6.45) is 1.59. The zero-order valence-electron chi connectivity index (χ0n) is 17.8. The summed E-state index contributed by atoms with van der Waals surface area (Å²) >= 11 is 0. The van der Waals surface area contributed by atoms with E-state index in [2.05, 4.69) is 10.4 Å². The third kappa shape index (κ3) is 6.13. The van der Waals surface area contributed by atoms with E-state index in [4.69, 9.17) is 4.74 Å². The van der Waals surface area contributed by atoms with Gasteiger partial charge in [0, 0.05) is 18.2 Å². The van der Waals surface area contributed by atoms with Crippen LogP contribution in [0.2, 0.25) is 0 Å². The quantitative estimate of drug-likeness (QED) is 0.470. The van der Waals surface area contributed by atoms with Crippen LogP contribution in [0.5, 0.6) is 11.5 Å². The van der Waals surface area contributed by atoms with Crippen LogP contribution in [-0.2, 0) is 21.2 Å². The minimum absolute atomic E-state index is 0.0335. The summed E-state index contributed by atoms with van der Waals surface area (Å²) in [5.41, 5.74) is 2.56. The maximum Gasteiger partial charge on any atom is 0.236 e. The molecular weight excluding hydrogens is 430 g/mol. The Morgan fingerprint density at radius 1 is 1.03 bits per heavy atom. The first-order valence-electron chi connectivity index (χ1n) is 10.0. The fourth-order valence-electron chi connectivity index (χ4n) is 2.97. The number of pyridine rings is 1. The zero-order chi connectivity index (χ0) is 23.1. The van der Waals surface area contributed by atoms with E-state index < -0.39 is 9.84 Å². The lowest BCUT2D eigenvalue weighted by Crippen LogP contribution is -2.40. The highest BCUT2D eigenvalue weighted by molar-refractivity contribution is 7.91. The van der Waals surface area contributed by atoms with E-state index in [0.717, 1.165) is 0 Å². The molecule has 0 atom stereocenters. The SMILES string of the molecule is CC(C)CC(=O)NN(O)Cc1cccnc1S(=O)(=O)c1ccc(Oc2ccccc2)cc1. The van der Waals surface area contributed by atoms with Crippen molar-refractivity contribution in [1.29, 1.82) is 0 Å². The van der Waals surface area contributed by atoms with Crippen molar-refractivity contribution in [2.75, 3.05) is 0 Å². The Kier molecular flexibility index (Phi) is 7.57. The van der Waals surface area contributed by atoms with Crippen molar-refractivity contribution in [2.24, 2.45) is 5.92 Å². The average molecular weight is 456 g/mol. The van der Waals surface area contributed by atoms with Crippen molar-refractivity contribution in [3.8, 4) is 11.5 Å². The predicted octanol–water partition coefficient (Wildman–Crippen LogP) is 3.98. The molecule has 3 rings (SSSR count). The fourth-order valence-corrected chi connectivity index (χ4v) is 4.37. The van der Waals surface area contributed by atoms with Gasteiger partial charge in [-0.05, 0) is 48.4 Å². The molecule has 0 fully saturated rings. The first kappa shape index (κ1) is 23.4. The van der Waals surface area contributed by atoms with E-state index in [-0.39, 0.29) is 40.3 Å². The molecule has 0 aliphatic heterocycles. The van der Waals surface area contributed by atoms with Gasteiger partial charge in [-0.3, -0.25) is 15.4 Å². The highest BCUT2D eigenvalue weighted by Gasteiger charge is 2.24. The molecule has 0 radical (unpaired) electrons. The predicted molar refractivity (Wildman–Crippen MR) is 118 cm³/mol. The third-order valence-corrected chi connectivity index (χ3v) is 6.15. The standard InChI is InChI=1S/C23H25N3O5S/c1-17(2)15-22(27)25-26(28)16-18-7-6-14-24-23(18)32(29,30)21-12-10-20(11-13-21)31-19-8-4-3-5-9-19/h3-14,17,28H,15-16H2,1-2H3,(H,25,27). The summed E-state index contributed by atoms with van der Waals surface area (Å²) in [7, 11) is -3.97. The van der Waals surface area contributed by atoms with Crippen molar-refractivity contribution >= 4 is 15.7 Å². The lowest BCUT2D eigenvalue weighted by molar-refractivity contribution is -0.166. The van der Waals surface area contributed by atoms with Crippen LogP contribution in [0.1, 0.15) is 25.8 Å². The minimum atomic E-state index is -3.97. The van der Waals surface area contributed by atoms with Crippen LogP contribution in [0.25, 0.3) is 0 Å². The van der Waals surface area contributed by atoms with Crippen LogP contribution < -0.4 is 10.2 Å². The van der Waals surface area contributed by atoms with Gasteiger partial charge in [-0.2, -0.15) is 0 Å². The summed E-state index contributed by atoms with van der Waals surface area (Å²) < 4.78 is 32.1. The molecule has 1 amide bonds. The van der Waals surface area contributed by atoms with E-state index in [9.17, 15) is 18.4 Å². The van der Waals surface area contributed by atoms with Crippen LogP contribution in [0.15, 0.2) is 82.8 Å². The fraction of sp³-hybridized carbons (Fsp3) is 0.217. The number of rotatable bonds is 9. The Hall–Kier alpha value is -3.27. The number of nitrogens with one attached hydrogen (secondary N) is 1. The number of para-hydroxylation sites is 1. The van der Waals surface area contributed by atoms with Crippen LogP contribution in [0.4, 0.5) is 0 Å². The van der Waals surface area contributed by atoms with Crippen LogP contribution in [0, 0.1) is 5.92 Å². The molecule has 0 unspecified atom stereocenters. The number of benzene rings is 2. The molecule has 9 heteroatoms. The molecule has 168 valence electrons. The molecule has 2 aromatic carbocycles. The minimum Gasteiger partial charge on any atom is -0.457 e. The Labute approximate surface area is 187 Å². The molecular formula is C23H25N3O5S. The summed E-state index contributed by atoms with van der Waals surface area (Å²) in [5, 5.41) is 10.5. The molecule has 0 bridgehead atoms. The number of hydroxylamine groups is 1. The van der Waals surface area contributed by atoms with Gasteiger partial charge in [0.05, 0.1) is 11.4 Å². The average Bonchev–Trinajstić information content (AvgIpc) is 2.74. The van der Waals surface area contributed by atoms with Gasteiger partial charge in [0.25, 0.3) is 0 Å². The highest BCUT2D eigenvalue weighted by atomic mass is 32.2. The van der Waals surface area contributed by atoms with Gasteiger partial charge in [0.2, 0.25) is 15.7 Å². The number of carbonyl (C=O) groups excluding carboxylic acids is 1. The van der Waals surface area contributed by atoms with Gasteiger partial charge in [-0.15, -0.1) is 0 Å². The maximum absolute atomic E-state index is 13.2. The second kappa shape index (κ2) is 10.4. The molecule has 0 aliphatic carbocycles. The summed E-state index contributed by atoms with van der Waals surface area (Å²) in [6.45, 7) is 3.51. The molecule has 0 aliphatic rings. The summed E-state index contributed by atoms with van der Waals surface area (Å²) in [6, 6.07) is 18.2. The van der Waals surface area contributed by atoms with Crippen molar-refractivity contribution in [3.05, 3.63) is 78.5 Å². The molecule has 0 spiro atoms. The third-order valence-electron chi connectivity index (χ3n) is 4.38. The Bertz CT molecular complexity index is 1150. The maximum atomic E-state index is 13.2. The number of hydrogen-bond donors (Lipinski definition) is 2. The van der Waals surface area contributed by atoms with Crippen LogP contribution >= 0.6 is 0 Å². The zero-order valence-corrected chi connectivity index (χ0v) is 18.6. The van der Waals surface area contributed by atoms with E-state index in [0.29, 0.717) is 16.7 Å². The van der Waals surface area contributed by atoms with E-state index in [1.807, 2.05) is 32.0 Å². The van der Waals surface area contributed by atoms with Gasteiger partial charge in [-0.25, -0.2) is 13.4 Å². The first-order valence-corrected chi connectivity index (χ1v) is 11.5. The Morgan fingerprint density at radius 2 is 1.69 bits per heavy atom. The second-order valence-electron chi connectivity index (χ2n) is 7.55. The number of hydrogen-bond acceptors (Lipinski definition) is 7. The summed E-state index contributed by atoms with van der Waals surface area (Å²) in [4.78, 5) is 15.9. The van der Waals surface area contributed by atoms with E-state index in [1.54, 1.807) is 30.3 Å². The number of hydrazine groups is 1. The highest BCUT2D eigenvalue weighted by Crippen LogP contribution is 2.27. The van der Waals surface area contributed by atoms with Crippen molar-refractivity contribution < 1.29 is 23.2 Å². The molecule has 1 aromatic heterocycles. The number of carbonyl (C=O) groups is 1. The van der Waals surface area contributed by atoms with Gasteiger partial charge < -0.3 is 4.74 Å². The molecule has 1 heterocycles. The topological polar surface area (TPSA) is 109 Å². The van der Waals surface area contributed by atoms with Gasteiger partial charge in [0.1, 0.15) is 11.5 Å². The largest absolute Gasteiger partial charge is 0.457 e. The smallest absolute Gasteiger partial charge is 0.236 e. The Balaban J connectivity index is 1.77. The normalized spacial score (nSPS) is 11.5. The first-order chi connectivity index (χ1) is 15.3. The monoisotopic (exact) mass is 455 g/mol. The van der Waals surface area contributed by atoms with Gasteiger partial charge in [-0.1, -0.05) is 43.3 Å². The molecule has 3 aromatic rings. The lowest BCUT2D eigenvalue weighted by atomic mass is 10.1. The molecule has 0 saturated carbocycles. The number of aromatic nitrogens is 1. The van der Waals surface area contributed by atoms with Gasteiger partial charge in [0.15, 0.2) is 5.03 Å². The van der Waals surface area contributed by atoms with Gasteiger partial charge >= 0.3 is 0 Å². The van der Waals surface area contributed by atoms with E-state index >= 15 is 0 Å². The number of nitrogens with zero attached hydrogens (tertiary/aromatic N) is 2. The van der Waals surface area contributed by atoms with Crippen molar-refractivity contribution in [1.82, 2.24) is 15.6 Å². The second-order valence-corrected chi connectivity index (χ2v) is 9.41. The number of amides is 1.